The molecule has 0 heterocycles. The highest BCUT2D eigenvalue weighted by molar-refractivity contribution is 5.82. The first kappa shape index (κ1) is 14.8. The maximum Gasteiger partial charge on any atom is 0.332 e. The first-order chi connectivity index (χ1) is 7.45. The van der Waals surface area contributed by atoms with Crippen LogP contribution >= 0.6 is 0 Å². The van der Waals surface area contributed by atoms with E-state index in [9.17, 15) is 4.79 Å². The molecule has 16 heavy (non-hydrogen) atoms. The van der Waals surface area contributed by atoms with Crippen LogP contribution < -0.4 is 5.73 Å². The van der Waals surface area contributed by atoms with Crippen molar-refractivity contribution in [2.24, 2.45) is 11.7 Å². The van der Waals surface area contributed by atoms with Crippen LogP contribution in [0, 0.1) is 5.92 Å². The zero-order valence-electron chi connectivity index (χ0n) is 10.7. The molecule has 92 valence electrons. The van der Waals surface area contributed by atoms with Gasteiger partial charge in [0.1, 0.15) is 0 Å². The Morgan fingerprint density at radius 1 is 1.44 bits per heavy atom. The normalized spacial score (nSPS) is 13.1. The minimum absolute atomic E-state index is 0.381. The summed E-state index contributed by atoms with van der Waals surface area (Å²) in [4.78, 5) is 10.9. The van der Waals surface area contributed by atoms with E-state index in [-0.39, 0.29) is 5.97 Å². The zero-order valence-corrected chi connectivity index (χ0v) is 10.7. The van der Waals surface area contributed by atoms with Crippen LogP contribution in [0.1, 0.15) is 40.0 Å². The second kappa shape index (κ2) is 7.97. The number of carbonyl (C=O) groups excluding carboxylic acids is 1. The molecule has 0 aromatic heterocycles. The van der Waals surface area contributed by atoms with Crippen molar-refractivity contribution in [1.29, 1.82) is 0 Å². The standard InChI is InChI=1S/C13H23NO2/c1-10(2)6-5-7-11(3)8-12(14)9-13(15)16-4/h6,9,11H,5,7-8,14H2,1-4H3. The van der Waals surface area contributed by atoms with Gasteiger partial charge in [0.05, 0.1) is 7.11 Å². The molecule has 0 aliphatic heterocycles. The van der Waals surface area contributed by atoms with Crippen LogP contribution in [0.5, 0.6) is 0 Å². The van der Waals surface area contributed by atoms with Gasteiger partial charge in [-0.05, 0) is 39.0 Å². The third-order valence-corrected chi connectivity index (χ3v) is 2.30. The Labute approximate surface area is 98.4 Å². The fraction of sp³-hybridized carbons (Fsp3) is 0.615. The number of hydrogen-bond acceptors (Lipinski definition) is 3. The predicted octanol–water partition coefficient (Wildman–Crippen LogP) is 2.77. The van der Waals surface area contributed by atoms with Gasteiger partial charge >= 0.3 is 5.97 Å². The lowest BCUT2D eigenvalue weighted by Crippen LogP contribution is -2.07. The summed E-state index contributed by atoms with van der Waals surface area (Å²) in [6.07, 6.45) is 6.47. The fourth-order valence-corrected chi connectivity index (χ4v) is 1.43. The minimum Gasteiger partial charge on any atom is -0.466 e. The molecule has 1 atom stereocenters. The van der Waals surface area contributed by atoms with Crippen LogP contribution in [0.2, 0.25) is 0 Å². The Kier molecular flexibility index (Phi) is 7.34. The van der Waals surface area contributed by atoms with E-state index < -0.39 is 0 Å². The molecular weight excluding hydrogens is 202 g/mol. The number of rotatable bonds is 6. The van der Waals surface area contributed by atoms with Crippen molar-refractivity contribution in [3.63, 3.8) is 0 Å². The Balaban J connectivity index is 3.95. The second-order valence-corrected chi connectivity index (χ2v) is 4.41. The van der Waals surface area contributed by atoms with E-state index in [1.807, 2.05) is 0 Å². The summed E-state index contributed by atoms with van der Waals surface area (Å²) in [5, 5.41) is 0. The highest BCUT2D eigenvalue weighted by atomic mass is 16.5. The largest absolute Gasteiger partial charge is 0.466 e. The fourth-order valence-electron chi connectivity index (χ4n) is 1.43. The van der Waals surface area contributed by atoms with Crippen LogP contribution in [0.3, 0.4) is 0 Å². The third kappa shape index (κ3) is 8.09. The molecule has 0 rings (SSSR count). The molecule has 0 amide bonds. The van der Waals surface area contributed by atoms with Crippen molar-refractivity contribution < 1.29 is 9.53 Å². The van der Waals surface area contributed by atoms with Crippen LogP contribution in [0.25, 0.3) is 0 Å². The van der Waals surface area contributed by atoms with Gasteiger partial charge in [0, 0.05) is 11.8 Å². The summed E-state index contributed by atoms with van der Waals surface area (Å²) in [5.41, 5.74) is 7.66. The third-order valence-electron chi connectivity index (χ3n) is 2.30. The molecule has 0 fully saturated rings. The monoisotopic (exact) mass is 225 g/mol. The molecule has 0 spiro atoms. The highest BCUT2D eigenvalue weighted by Crippen LogP contribution is 2.14. The lowest BCUT2D eigenvalue weighted by atomic mass is 9.99. The molecule has 2 N–H and O–H groups in total. The van der Waals surface area contributed by atoms with Gasteiger partial charge in [-0.3, -0.25) is 0 Å². The molecule has 0 aliphatic carbocycles. The molecule has 0 aromatic carbocycles. The van der Waals surface area contributed by atoms with E-state index in [2.05, 4.69) is 31.6 Å². The maximum absolute atomic E-state index is 10.9. The van der Waals surface area contributed by atoms with E-state index >= 15 is 0 Å². The molecular formula is C13H23NO2. The van der Waals surface area contributed by atoms with Crippen molar-refractivity contribution in [2.45, 2.75) is 40.0 Å². The van der Waals surface area contributed by atoms with Gasteiger partial charge in [0.2, 0.25) is 0 Å². The second-order valence-electron chi connectivity index (χ2n) is 4.41. The van der Waals surface area contributed by atoms with E-state index in [0.717, 1.165) is 19.3 Å². The van der Waals surface area contributed by atoms with Crippen LogP contribution in [-0.4, -0.2) is 13.1 Å². The van der Waals surface area contributed by atoms with Crippen LogP contribution in [0.4, 0.5) is 0 Å². The summed E-state index contributed by atoms with van der Waals surface area (Å²) in [6, 6.07) is 0. The van der Waals surface area contributed by atoms with Gasteiger partial charge in [-0.15, -0.1) is 0 Å². The summed E-state index contributed by atoms with van der Waals surface area (Å²) in [6.45, 7) is 6.32. The summed E-state index contributed by atoms with van der Waals surface area (Å²) < 4.78 is 4.51. The van der Waals surface area contributed by atoms with Crippen LogP contribution in [-0.2, 0) is 9.53 Å². The molecule has 0 radical (unpaired) electrons. The van der Waals surface area contributed by atoms with Crippen molar-refractivity contribution in [3.8, 4) is 0 Å². The van der Waals surface area contributed by atoms with Gasteiger partial charge in [0.25, 0.3) is 0 Å². The van der Waals surface area contributed by atoms with E-state index in [1.165, 1.54) is 18.8 Å². The number of hydrogen-bond donors (Lipinski definition) is 1. The average Bonchev–Trinajstić information content (AvgIpc) is 2.16. The lowest BCUT2D eigenvalue weighted by molar-refractivity contribution is -0.134. The van der Waals surface area contributed by atoms with Gasteiger partial charge in [-0.25, -0.2) is 4.79 Å². The summed E-state index contributed by atoms with van der Waals surface area (Å²) in [5.74, 6) is 0.102. The highest BCUT2D eigenvalue weighted by Gasteiger charge is 2.04. The molecule has 1 unspecified atom stereocenters. The maximum atomic E-state index is 10.9. The Bertz CT molecular complexity index is 276. The SMILES string of the molecule is COC(=O)C=C(N)CC(C)CCC=C(C)C. The van der Waals surface area contributed by atoms with Crippen molar-refractivity contribution >= 4 is 5.97 Å². The molecule has 0 saturated heterocycles. The minimum atomic E-state index is -0.381. The molecule has 3 heteroatoms. The van der Waals surface area contributed by atoms with Crippen molar-refractivity contribution in [3.05, 3.63) is 23.4 Å². The van der Waals surface area contributed by atoms with Gasteiger partial charge < -0.3 is 10.5 Å². The topological polar surface area (TPSA) is 52.3 Å². The quantitative estimate of drug-likeness (QED) is 0.429. The van der Waals surface area contributed by atoms with Gasteiger partial charge in [0.15, 0.2) is 0 Å². The average molecular weight is 225 g/mol. The van der Waals surface area contributed by atoms with Gasteiger partial charge in [-0.1, -0.05) is 18.6 Å². The molecule has 3 nitrogen and oxygen atoms in total. The Hall–Kier alpha value is -1.25. The number of ether oxygens (including phenoxy) is 1. The molecule has 0 bridgehead atoms. The Morgan fingerprint density at radius 2 is 2.06 bits per heavy atom. The number of carbonyl (C=O) groups is 1. The summed E-state index contributed by atoms with van der Waals surface area (Å²) >= 11 is 0. The Morgan fingerprint density at radius 3 is 2.56 bits per heavy atom. The van der Waals surface area contributed by atoms with Gasteiger partial charge in [-0.2, -0.15) is 0 Å². The van der Waals surface area contributed by atoms with Crippen molar-refractivity contribution in [2.75, 3.05) is 7.11 Å². The summed E-state index contributed by atoms with van der Waals surface area (Å²) in [7, 11) is 1.35. The number of esters is 1. The van der Waals surface area contributed by atoms with E-state index in [1.54, 1.807) is 0 Å². The number of nitrogens with two attached hydrogens (primary N) is 1. The smallest absolute Gasteiger partial charge is 0.332 e. The van der Waals surface area contributed by atoms with Crippen molar-refractivity contribution in [1.82, 2.24) is 0 Å². The lowest BCUT2D eigenvalue weighted by Gasteiger charge is -2.09. The zero-order chi connectivity index (χ0) is 12.6. The first-order valence-electron chi connectivity index (χ1n) is 5.63. The molecule has 0 aromatic rings. The molecule has 0 saturated carbocycles. The molecule has 0 aliphatic rings. The van der Waals surface area contributed by atoms with Crippen LogP contribution in [0.15, 0.2) is 23.4 Å². The number of methoxy groups -OCH3 is 1. The first-order valence-corrected chi connectivity index (χ1v) is 5.63. The predicted molar refractivity (Wildman–Crippen MR) is 66.7 cm³/mol. The van der Waals surface area contributed by atoms with E-state index in [4.69, 9.17) is 5.73 Å². The van der Waals surface area contributed by atoms with E-state index in [0.29, 0.717) is 11.6 Å². The number of allylic oxidation sites excluding steroid dienone is 3.